The number of rotatable bonds is 0. The number of aromatic nitrogens is 1. The highest BCUT2D eigenvalue weighted by molar-refractivity contribution is 5.75. The third-order valence-corrected chi connectivity index (χ3v) is 0.688. The fourth-order valence-corrected chi connectivity index (χ4v) is 0.376. The Labute approximate surface area is 50.3 Å². The lowest BCUT2D eigenvalue weighted by Crippen LogP contribution is -1.85. The molecule has 0 fully saturated rings. The highest BCUT2D eigenvalue weighted by Crippen LogP contribution is 1.89. The molecule has 0 aliphatic carbocycles. The van der Waals surface area contributed by atoms with Gasteiger partial charge in [-0.2, -0.15) is 0 Å². The fourth-order valence-electron chi connectivity index (χ4n) is 0.376. The van der Waals surface area contributed by atoms with Gasteiger partial charge in [-0.05, 0) is 12.1 Å². The molecule has 0 bridgehead atoms. The lowest BCUT2D eigenvalue weighted by molar-refractivity contribution is 1.34. The molecule has 0 saturated heterocycles. The first-order valence-corrected chi connectivity index (χ1v) is 2.06. The minimum atomic E-state index is 0. The van der Waals surface area contributed by atoms with E-state index >= 15 is 0 Å². The van der Waals surface area contributed by atoms with E-state index in [9.17, 15) is 0 Å². The second kappa shape index (κ2) is 3.07. The maximum atomic E-state index is 5.25. The summed E-state index contributed by atoms with van der Waals surface area (Å²) in [6.07, 6.45) is 1.66. The first-order valence-electron chi connectivity index (χ1n) is 2.06. The molecule has 0 saturated carbocycles. The van der Waals surface area contributed by atoms with Crippen molar-refractivity contribution in [2.45, 2.75) is 0 Å². The quantitative estimate of drug-likeness (QED) is 0.481. The highest BCUT2D eigenvalue weighted by atomic mass is 14.8. The van der Waals surface area contributed by atoms with Crippen LogP contribution in [-0.4, -0.2) is 13.4 Å². The molecule has 1 aromatic heterocycles. The van der Waals surface area contributed by atoms with Crippen LogP contribution >= 0.6 is 0 Å². The van der Waals surface area contributed by atoms with Gasteiger partial charge in [0.05, 0.1) is 0 Å². The topological polar surface area (TPSA) is 38.9 Å². The number of nitrogens with zero attached hydrogens (tertiary/aromatic N) is 1. The molecule has 1 aromatic rings. The third kappa shape index (κ3) is 1.64. The van der Waals surface area contributed by atoms with E-state index in [2.05, 4.69) is 4.98 Å². The molecule has 1 heterocycles. The predicted molar refractivity (Wildman–Crippen MR) is 34.4 cm³/mol. The highest BCUT2D eigenvalue weighted by Gasteiger charge is 1.73. The van der Waals surface area contributed by atoms with Gasteiger partial charge in [0.25, 0.3) is 0 Å². The van der Waals surface area contributed by atoms with Crippen molar-refractivity contribution in [3.63, 3.8) is 0 Å². The molecule has 0 unspecified atom stereocenters. The van der Waals surface area contributed by atoms with Crippen LogP contribution < -0.4 is 5.73 Å². The standard InChI is InChI=1S/C5H6N2.B/c6-5-3-1-2-4-7-5;/h1-4H,(H2,6,7);. The maximum Gasteiger partial charge on any atom is 0.123 e. The summed E-state index contributed by atoms with van der Waals surface area (Å²) < 4.78 is 0. The lowest BCUT2D eigenvalue weighted by atomic mass is 10.5. The second-order valence-corrected chi connectivity index (χ2v) is 1.25. The second-order valence-electron chi connectivity index (χ2n) is 1.25. The Morgan fingerprint density at radius 3 is 2.38 bits per heavy atom. The molecule has 0 amide bonds. The SMILES string of the molecule is Nc1ccccn1.[B]. The minimum absolute atomic E-state index is 0. The van der Waals surface area contributed by atoms with Gasteiger partial charge < -0.3 is 5.73 Å². The van der Waals surface area contributed by atoms with Gasteiger partial charge in [0, 0.05) is 14.6 Å². The van der Waals surface area contributed by atoms with Crippen LogP contribution in [0.1, 0.15) is 0 Å². The Morgan fingerprint density at radius 2 is 2.12 bits per heavy atom. The van der Waals surface area contributed by atoms with Crippen molar-refractivity contribution in [3.8, 4) is 0 Å². The van der Waals surface area contributed by atoms with E-state index in [4.69, 9.17) is 5.73 Å². The van der Waals surface area contributed by atoms with E-state index in [1.54, 1.807) is 12.3 Å². The zero-order valence-corrected chi connectivity index (χ0v) is 4.41. The number of nitrogen functional groups attached to an aromatic ring is 1. The molecular formula is C5H6BN2. The van der Waals surface area contributed by atoms with E-state index in [1.165, 1.54) is 0 Å². The van der Waals surface area contributed by atoms with Gasteiger partial charge in [-0.15, -0.1) is 0 Å². The summed E-state index contributed by atoms with van der Waals surface area (Å²) in [5.74, 6) is 0.572. The lowest BCUT2D eigenvalue weighted by Gasteiger charge is -1.82. The van der Waals surface area contributed by atoms with Crippen LogP contribution in [0, 0.1) is 0 Å². The Hall–Kier alpha value is -0.985. The van der Waals surface area contributed by atoms with Crippen LogP contribution in [0.4, 0.5) is 5.82 Å². The summed E-state index contributed by atoms with van der Waals surface area (Å²) in [7, 11) is 0. The van der Waals surface area contributed by atoms with Crippen molar-refractivity contribution in [1.29, 1.82) is 0 Å². The van der Waals surface area contributed by atoms with Crippen molar-refractivity contribution in [1.82, 2.24) is 4.98 Å². The van der Waals surface area contributed by atoms with Crippen LogP contribution in [-0.2, 0) is 0 Å². The van der Waals surface area contributed by atoms with Crippen molar-refractivity contribution in [3.05, 3.63) is 24.4 Å². The van der Waals surface area contributed by atoms with Crippen molar-refractivity contribution >= 4 is 14.2 Å². The minimum Gasteiger partial charge on any atom is -0.384 e. The molecule has 0 aromatic carbocycles. The van der Waals surface area contributed by atoms with Crippen molar-refractivity contribution in [2.24, 2.45) is 0 Å². The summed E-state index contributed by atoms with van der Waals surface area (Å²) >= 11 is 0. The molecule has 39 valence electrons. The monoisotopic (exact) mass is 105 g/mol. The molecule has 3 radical (unpaired) electrons. The van der Waals surface area contributed by atoms with E-state index in [1.807, 2.05) is 12.1 Å². The number of nitrogens with two attached hydrogens (primary N) is 1. The van der Waals surface area contributed by atoms with E-state index < -0.39 is 0 Å². The predicted octanol–water partition coefficient (Wildman–Crippen LogP) is 0.283. The van der Waals surface area contributed by atoms with Crippen molar-refractivity contribution < 1.29 is 0 Å². The van der Waals surface area contributed by atoms with Gasteiger partial charge in [0.15, 0.2) is 0 Å². The van der Waals surface area contributed by atoms with Crippen LogP contribution in [0.25, 0.3) is 0 Å². The molecule has 0 spiro atoms. The third-order valence-electron chi connectivity index (χ3n) is 0.688. The summed E-state index contributed by atoms with van der Waals surface area (Å²) in [5.41, 5.74) is 5.25. The van der Waals surface area contributed by atoms with Gasteiger partial charge in [0.2, 0.25) is 0 Å². The van der Waals surface area contributed by atoms with Crippen LogP contribution in [0.3, 0.4) is 0 Å². The zero-order valence-electron chi connectivity index (χ0n) is 4.41. The Morgan fingerprint density at radius 1 is 1.38 bits per heavy atom. The molecule has 3 heteroatoms. The van der Waals surface area contributed by atoms with Gasteiger partial charge in [0.1, 0.15) is 5.82 Å². The normalized spacial score (nSPS) is 7.50. The molecule has 0 aliphatic heterocycles. The molecular weight excluding hydrogens is 98.9 g/mol. The number of hydrogen-bond acceptors (Lipinski definition) is 2. The number of pyridine rings is 1. The van der Waals surface area contributed by atoms with Crippen LogP contribution in [0.15, 0.2) is 24.4 Å². The van der Waals surface area contributed by atoms with Gasteiger partial charge in [-0.25, -0.2) is 4.98 Å². The van der Waals surface area contributed by atoms with Crippen molar-refractivity contribution in [2.75, 3.05) is 5.73 Å². The van der Waals surface area contributed by atoms with Gasteiger partial charge in [-0.3, -0.25) is 0 Å². The molecule has 2 N–H and O–H groups in total. The van der Waals surface area contributed by atoms with Crippen LogP contribution in [0.5, 0.6) is 0 Å². The average Bonchev–Trinajstić information content (AvgIpc) is 1.69. The molecule has 8 heavy (non-hydrogen) atoms. The van der Waals surface area contributed by atoms with Crippen LogP contribution in [0.2, 0.25) is 0 Å². The average molecular weight is 105 g/mol. The van der Waals surface area contributed by atoms with E-state index in [-0.39, 0.29) is 8.41 Å². The smallest absolute Gasteiger partial charge is 0.123 e. The molecule has 0 atom stereocenters. The summed E-state index contributed by atoms with van der Waals surface area (Å²) in [6.45, 7) is 0. The molecule has 1 rings (SSSR count). The summed E-state index contributed by atoms with van der Waals surface area (Å²) in [4.78, 5) is 3.76. The van der Waals surface area contributed by atoms with E-state index in [0.717, 1.165) is 0 Å². The summed E-state index contributed by atoms with van der Waals surface area (Å²) in [5, 5.41) is 0. The van der Waals surface area contributed by atoms with Gasteiger partial charge >= 0.3 is 0 Å². The number of hydrogen-bond donors (Lipinski definition) is 1. The molecule has 0 aliphatic rings. The largest absolute Gasteiger partial charge is 0.384 e. The number of anilines is 1. The maximum absolute atomic E-state index is 5.25. The Bertz CT molecular complexity index is 140. The first-order chi connectivity index (χ1) is 3.39. The Kier molecular flexibility index (Phi) is 2.70. The zero-order chi connectivity index (χ0) is 5.11. The van der Waals surface area contributed by atoms with Gasteiger partial charge in [-0.1, -0.05) is 6.07 Å². The summed E-state index contributed by atoms with van der Waals surface area (Å²) in [6, 6.07) is 5.43. The Balaban J connectivity index is 0.000000490. The molecule has 2 nitrogen and oxygen atoms in total. The first kappa shape index (κ1) is 7.01. The van der Waals surface area contributed by atoms with E-state index in [0.29, 0.717) is 5.82 Å². The fraction of sp³-hybridized carbons (Fsp3) is 0.